The normalized spacial score (nSPS) is 11.3. The fraction of sp³-hybridized carbons (Fsp3) is 0.417. The Morgan fingerprint density at radius 2 is 2.06 bits per heavy atom. The maximum absolute atomic E-state index is 12.1. The molecule has 0 radical (unpaired) electrons. The van der Waals surface area contributed by atoms with Crippen LogP contribution in [0.25, 0.3) is 0 Å². The number of alkyl halides is 3. The molecule has 18 heavy (non-hydrogen) atoms. The topological polar surface area (TPSA) is 41.1 Å². The van der Waals surface area contributed by atoms with Gasteiger partial charge in [-0.1, -0.05) is 19.1 Å². The second kappa shape index (κ2) is 6.39. The van der Waals surface area contributed by atoms with Crippen LogP contribution in [0.4, 0.5) is 18.9 Å². The van der Waals surface area contributed by atoms with Crippen molar-refractivity contribution in [3.63, 3.8) is 0 Å². The fourth-order valence-electron chi connectivity index (χ4n) is 1.37. The van der Waals surface area contributed by atoms with Gasteiger partial charge in [-0.05, 0) is 30.7 Å². The van der Waals surface area contributed by atoms with Gasteiger partial charge in [-0.2, -0.15) is 13.2 Å². The fourth-order valence-corrected chi connectivity index (χ4v) is 1.37. The predicted octanol–water partition coefficient (Wildman–Crippen LogP) is 2.69. The summed E-state index contributed by atoms with van der Waals surface area (Å²) >= 11 is 0. The van der Waals surface area contributed by atoms with Crippen molar-refractivity contribution in [2.24, 2.45) is 0 Å². The number of halogens is 3. The highest BCUT2D eigenvalue weighted by molar-refractivity contribution is 5.94. The minimum atomic E-state index is -4.86. The third-order valence-electron chi connectivity index (χ3n) is 2.20. The molecule has 0 heterocycles. The molecular weight excluding hydrogens is 245 g/mol. The van der Waals surface area contributed by atoms with Crippen molar-refractivity contribution in [3.8, 4) is 0 Å². The molecule has 0 aliphatic rings. The first-order valence-electron chi connectivity index (χ1n) is 5.61. The van der Waals surface area contributed by atoms with Crippen LogP contribution in [0.3, 0.4) is 0 Å². The third kappa shape index (κ3) is 4.75. The molecule has 1 aromatic rings. The lowest BCUT2D eigenvalue weighted by molar-refractivity contribution is -0.167. The van der Waals surface area contributed by atoms with Crippen molar-refractivity contribution in [2.45, 2.75) is 26.1 Å². The molecule has 100 valence electrons. The minimum Gasteiger partial charge on any atom is -0.318 e. The monoisotopic (exact) mass is 260 g/mol. The maximum Gasteiger partial charge on any atom is 0.471 e. The first-order chi connectivity index (χ1) is 8.43. The van der Waals surface area contributed by atoms with Crippen LogP contribution in [0.5, 0.6) is 0 Å². The number of hydrogen-bond acceptors (Lipinski definition) is 2. The first-order valence-corrected chi connectivity index (χ1v) is 5.61. The van der Waals surface area contributed by atoms with Crippen LogP contribution in [-0.4, -0.2) is 18.6 Å². The quantitative estimate of drug-likeness (QED) is 0.799. The molecule has 0 saturated carbocycles. The average molecular weight is 260 g/mol. The third-order valence-corrected chi connectivity index (χ3v) is 2.20. The van der Waals surface area contributed by atoms with E-state index in [1.54, 1.807) is 12.1 Å². The Kier molecular flexibility index (Phi) is 5.15. The molecule has 0 spiro atoms. The summed E-state index contributed by atoms with van der Waals surface area (Å²) in [7, 11) is 0. The van der Waals surface area contributed by atoms with Crippen molar-refractivity contribution in [1.82, 2.24) is 5.32 Å². The summed E-state index contributed by atoms with van der Waals surface area (Å²) in [5, 5.41) is 4.95. The Morgan fingerprint density at radius 3 is 2.67 bits per heavy atom. The molecule has 0 bridgehead atoms. The molecule has 0 aliphatic carbocycles. The second-order valence-electron chi connectivity index (χ2n) is 3.83. The molecule has 0 atom stereocenters. The zero-order valence-electron chi connectivity index (χ0n) is 9.97. The highest BCUT2D eigenvalue weighted by Gasteiger charge is 2.38. The van der Waals surface area contributed by atoms with Gasteiger partial charge >= 0.3 is 12.1 Å². The van der Waals surface area contributed by atoms with Gasteiger partial charge in [0.05, 0.1) is 0 Å². The molecule has 0 saturated heterocycles. The Bertz CT molecular complexity index is 405. The van der Waals surface area contributed by atoms with E-state index in [0.717, 1.165) is 18.5 Å². The largest absolute Gasteiger partial charge is 0.471 e. The van der Waals surface area contributed by atoms with Gasteiger partial charge in [-0.25, -0.2) is 0 Å². The summed E-state index contributed by atoms with van der Waals surface area (Å²) in [6.45, 7) is 3.41. The lowest BCUT2D eigenvalue weighted by Crippen LogP contribution is -2.29. The lowest BCUT2D eigenvalue weighted by Gasteiger charge is -2.09. The first kappa shape index (κ1) is 14.5. The summed E-state index contributed by atoms with van der Waals surface area (Å²) in [6, 6.07) is 6.33. The Labute approximate surface area is 103 Å². The van der Waals surface area contributed by atoms with Gasteiger partial charge in [0.15, 0.2) is 0 Å². The highest BCUT2D eigenvalue weighted by atomic mass is 19.4. The van der Waals surface area contributed by atoms with E-state index in [9.17, 15) is 18.0 Å². The Balaban J connectivity index is 2.62. The maximum atomic E-state index is 12.1. The van der Waals surface area contributed by atoms with E-state index < -0.39 is 12.1 Å². The van der Waals surface area contributed by atoms with Crippen LogP contribution in [0.15, 0.2) is 24.3 Å². The van der Waals surface area contributed by atoms with Crippen molar-refractivity contribution in [2.75, 3.05) is 11.9 Å². The number of carbonyl (C=O) groups is 1. The Morgan fingerprint density at radius 1 is 1.33 bits per heavy atom. The molecule has 3 nitrogen and oxygen atoms in total. The van der Waals surface area contributed by atoms with E-state index in [4.69, 9.17) is 0 Å². The molecule has 0 aliphatic heterocycles. The van der Waals surface area contributed by atoms with Crippen molar-refractivity contribution in [3.05, 3.63) is 29.8 Å². The zero-order valence-corrected chi connectivity index (χ0v) is 9.97. The average Bonchev–Trinajstić information content (AvgIpc) is 2.28. The van der Waals surface area contributed by atoms with E-state index in [1.165, 1.54) is 12.1 Å². The molecule has 0 fully saturated rings. The van der Waals surface area contributed by atoms with Gasteiger partial charge in [0, 0.05) is 12.2 Å². The zero-order chi connectivity index (χ0) is 13.6. The predicted molar refractivity (Wildman–Crippen MR) is 63.1 cm³/mol. The van der Waals surface area contributed by atoms with Crippen LogP contribution in [0.1, 0.15) is 18.9 Å². The van der Waals surface area contributed by atoms with Gasteiger partial charge in [-0.3, -0.25) is 4.79 Å². The van der Waals surface area contributed by atoms with Crippen LogP contribution in [0, 0.1) is 0 Å². The van der Waals surface area contributed by atoms with Crippen molar-refractivity contribution >= 4 is 11.6 Å². The summed E-state index contributed by atoms with van der Waals surface area (Å²) in [6.07, 6.45) is -3.89. The highest BCUT2D eigenvalue weighted by Crippen LogP contribution is 2.18. The summed E-state index contributed by atoms with van der Waals surface area (Å²) in [4.78, 5) is 10.8. The SMILES string of the molecule is CCCNCc1cccc(NC(=O)C(F)(F)F)c1. The number of hydrogen-bond donors (Lipinski definition) is 2. The molecule has 1 rings (SSSR count). The molecule has 1 aromatic carbocycles. The number of anilines is 1. The van der Waals surface area contributed by atoms with E-state index in [1.807, 2.05) is 12.2 Å². The van der Waals surface area contributed by atoms with E-state index >= 15 is 0 Å². The van der Waals surface area contributed by atoms with E-state index in [0.29, 0.717) is 6.54 Å². The number of carbonyl (C=O) groups excluding carboxylic acids is 1. The number of benzene rings is 1. The summed E-state index contributed by atoms with van der Waals surface area (Å²) < 4.78 is 36.2. The minimum absolute atomic E-state index is 0.146. The summed E-state index contributed by atoms with van der Waals surface area (Å²) in [5.41, 5.74) is 0.969. The summed E-state index contributed by atoms with van der Waals surface area (Å²) in [5.74, 6) is -1.96. The van der Waals surface area contributed by atoms with Crippen LogP contribution < -0.4 is 10.6 Å². The van der Waals surface area contributed by atoms with Crippen molar-refractivity contribution in [1.29, 1.82) is 0 Å². The van der Waals surface area contributed by atoms with Crippen molar-refractivity contribution < 1.29 is 18.0 Å². The van der Waals surface area contributed by atoms with Crippen LogP contribution >= 0.6 is 0 Å². The molecule has 0 aromatic heterocycles. The van der Waals surface area contributed by atoms with Gasteiger partial charge < -0.3 is 10.6 Å². The number of rotatable bonds is 5. The Hall–Kier alpha value is -1.56. The molecule has 0 unspecified atom stereocenters. The van der Waals surface area contributed by atoms with Gasteiger partial charge in [0.25, 0.3) is 0 Å². The van der Waals surface area contributed by atoms with Gasteiger partial charge in [0.2, 0.25) is 0 Å². The molecule has 6 heteroatoms. The standard InChI is InChI=1S/C12H15F3N2O/c1-2-6-16-8-9-4-3-5-10(7-9)17-11(18)12(13,14)15/h3-5,7,16H,2,6,8H2,1H3,(H,17,18). The molecular formula is C12H15F3N2O. The molecule has 2 N–H and O–H groups in total. The van der Waals surface area contributed by atoms with Crippen LogP contribution in [0.2, 0.25) is 0 Å². The molecule has 1 amide bonds. The number of amides is 1. The van der Waals surface area contributed by atoms with E-state index in [-0.39, 0.29) is 5.69 Å². The van der Waals surface area contributed by atoms with Crippen LogP contribution in [-0.2, 0) is 11.3 Å². The smallest absolute Gasteiger partial charge is 0.318 e. The second-order valence-corrected chi connectivity index (χ2v) is 3.83. The van der Waals surface area contributed by atoms with Gasteiger partial charge in [-0.15, -0.1) is 0 Å². The lowest BCUT2D eigenvalue weighted by atomic mass is 10.2. The van der Waals surface area contributed by atoms with E-state index in [2.05, 4.69) is 5.32 Å². The number of nitrogens with one attached hydrogen (secondary N) is 2. The van der Waals surface area contributed by atoms with Gasteiger partial charge in [0.1, 0.15) is 0 Å².